The van der Waals surface area contributed by atoms with Crippen molar-refractivity contribution >= 4 is 11.9 Å². The van der Waals surface area contributed by atoms with Crippen molar-refractivity contribution in [2.75, 3.05) is 27.9 Å². The summed E-state index contributed by atoms with van der Waals surface area (Å²) in [6, 6.07) is 13.5. The Morgan fingerprint density at radius 2 is 1.77 bits per heavy atom. The minimum Gasteiger partial charge on any atom is -0.497 e. The van der Waals surface area contributed by atoms with Gasteiger partial charge in [0.1, 0.15) is 5.75 Å². The topological polar surface area (TPSA) is 73.9 Å². The first-order valence-corrected chi connectivity index (χ1v) is 10.1. The molecule has 6 nitrogen and oxygen atoms in total. The number of hydrogen-bond acceptors (Lipinski definition) is 6. The van der Waals surface area contributed by atoms with E-state index in [1.165, 1.54) is 14.2 Å². The van der Waals surface area contributed by atoms with Gasteiger partial charge < -0.3 is 19.5 Å². The number of benzene rings is 2. The van der Waals surface area contributed by atoms with E-state index in [0.717, 1.165) is 35.4 Å². The Kier molecular flexibility index (Phi) is 7.11. The lowest BCUT2D eigenvalue weighted by Crippen LogP contribution is -2.40. The highest BCUT2D eigenvalue weighted by Crippen LogP contribution is 2.39. The largest absolute Gasteiger partial charge is 0.497 e. The van der Waals surface area contributed by atoms with Crippen LogP contribution < -0.4 is 10.1 Å². The van der Waals surface area contributed by atoms with Crippen LogP contribution in [0.1, 0.15) is 39.9 Å². The number of esters is 2. The van der Waals surface area contributed by atoms with Gasteiger partial charge in [0.15, 0.2) is 0 Å². The summed E-state index contributed by atoms with van der Waals surface area (Å²) in [5, 5.41) is 3.44. The molecule has 1 unspecified atom stereocenters. The Bertz CT molecular complexity index is 893. The predicted molar refractivity (Wildman–Crippen MR) is 114 cm³/mol. The van der Waals surface area contributed by atoms with Gasteiger partial charge in [-0.25, -0.2) is 4.79 Å². The van der Waals surface area contributed by atoms with E-state index >= 15 is 0 Å². The molecule has 0 aromatic heterocycles. The molecule has 2 aromatic rings. The fourth-order valence-corrected chi connectivity index (χ4v) is 4.11. The molecular weight excluding hydrogens is 382 g/mol. The Labute approximate surface area is 177 Å². The Morgan fingerprint density at radius 1 is 1.00 bits per heavy atom. The predicted octanol–water partition coefficient (Wildman–Crippen LogP) is 3.31. The lowest BCUT2D eigenvalue weighted by Gasteiger charge is -2.36. The van der Waals surface area contributed by atoms with E-state index in [1.807, 2.05) is 36.4 Å². The molecule has 1 N–H and O–H groups in total. The van der Waals surface area contributed by atoms with E-state index in [0.29, 0.717) is 31.4 Å². The molecule has 1 aliphatic rings. The van der Waals surface area contributed by atoms with Crippen LogP contribution in [-0.4, -0.2) is 39.8 Å². The van der Waals surface area contributed by atoms with E-state index < -0.39 is 5.41 Å². The summed E-state index contributed by atoms with van der Waals surface area (Å²) in [4.78, 5) is 24.5. The maximum Gasteiger partial charge on any atom is 0.337 e. The number of nitrogens with one attached hydrogen (secondary N) is 1. The van der Waals surface area contributed by atoms with Crippen molar-refractivity contribution in [2.24, 2.45) is 5.41 Å². The first kappa shape index (κ1) is 21.8. The van der Waals surface area contributed by atoms with E-state index in [2.05, 4.69) is 5.32 Å². The van der Waals surface area contributed by atoms with Crippen molar-refractivity contribution in [1.82, 2.24) is 5.32 Å². The molecule has 2 aromatic carbocycles. The van der Waals surface area contributed by atoms with Crippen LogP contribution in [0.2, 0.25) is 0 Å². The van der Waals surface area contributed by atoms with Crippen LogP contribution in [0.5, 0.6) is 5.75 Å². The number of fused-ring (bicyclic) bond motifs is 1. The monoisotopic (exact) mass is 411 g/mol. The summed E-state index contributed by atoms with van der Waals surface area (Å²) in [6.45, 7) is 1.43. The molecule has 0 saturated carbocycles. The van der Waals surface area contributed by atoms with E-state index in [1.54, 1.807) is 13.2 Å². The molecule has 0 aliphatic heterocycles. The van der Waals surface area contributed by atoms with Crippen LogP contribution in [0.15, 0.2) is 42.5 Å². The Balaban J connectivity index is 1.65. The molecule has 1 aliphatic carbocycles. The van der Waals surface area contributed by atoms with Crippen LogP contribution in [-0.2, 0) is 33.7 Å². The summed E-state index contributed by atoms with van der Waals surface area (Å²) in [5.74, 6) is 0.321. The smallest absolute Gasteiger partial charge is 0.337 e. The summed E-state index contributed by atoms with van der Waals surface area (Å²) in [6.07, 6.45) is 2.73. The number of aryl methyl sites for hydroxylation is 1. The second kappa shape index (κ2) is 9.76. The minimum atomic E-state index is -0.554. The fraction of sp³-hybridized carbons (Fsp3) is 0.417. The van der Waals surface area contributed by atoms with Gasteiger partial charge >= 0.3 is 11.9 Å². The third-order valence-electron chi connectivity index (χ3n) is 5.92. The van der Waals surface area contributed by atoms with Crippen molar-refractivity contribution in [3.05, 3.63) is 64.7 Å². The first-order valence-electron chi connectivity index (χ1n) is 10.1. The molecule has 0 saturated heterocycles. The normalized spacial score (nSPS) is 17.7. The average molecular weight is 411 g/mol. The molecule has 0 radical (unpaired) electrons. The van der Waals surface area contributed by atoms with Crippen molar-refractivity contribution in [2.45, 2.75) is 32.2 Å². The fourth-order valence-electron chi connectivity index (χ4n) is 4.11. The van der Waals surface area contributed by atoms with Crippen LogP contribution in [0, 0.1) is 5.41 Å². The summed E-state index contributed by atoms with van der Waals surface area (Å²) < 4.78 is 15.2. The molecule has 0 fully saturated rings. The molecule has 160 valence electrons. The minimum absolute atomic E-state index is 0.170. The van der Waals surface area contributed by atoms with Gasteiger partial charge in [-0.15, -0.1) is 0 Å². The number of ether oxygens (including phenoxy) is 3. The number of hydrogen-bond donors (Lipinski definition) is 1. The molecule has 0 spiro atoms. The summed E-state index contributed by atoms with van der Waals surface area (Å²) in [7, 11) is 4.48. The number of carbonyl (C=O) groups is 2. The van der Waals surface area contributed by atoms with Gasteiger partial charge in [-0.1, -0.05) is 18.2 Å². The van der Waals surface area contributed by atoms with Crippen molar-refractivity contribution < 1.29 is 23.8 Å². The van der Waals surface area contributed by atoms with E-state index in [9.17, 15) is 9.59 Å². The van der Waals surface area contributed by atoms with Gasteiger partial charge in [-0.05, 0) is 73.2 Å². The van der Waals surface area contributed by atoms with E-state index in [4.69, 9.17) is 14.2 Å². The number of rotatable bonds is 8. The van der Waals surface area contributed by atoms with E-state index in [-0.39, 0.29) is 11.9 Å². The Morgan fingerprint density at radius 3 is 2.43 bits per heavy atom. The highest BCUT2D eigenvalue weighted by atomic mass is 16.5. The molecule has 0 heterocycles. The van der Waals surface area contributed by atoms with Gasteiger partial charge in [0, 0.05) is 6.54 Å². The second-order valence-corrected chi connectivity index (χ2v) is 7.70. The molecule has 3 rings (SSSR count). The molecule has 30 heavy (non-hydrogen) atoms. The highest BCUT2D eigenvalue weighted by Gasteiger charge is 2.42. The molecule has 6 heteroatoms. The number of methoxy groups -OCH3 is 3. The van der Waals surface area contributed by atoms with Gasteiger partial charge in [-0.2, -0.15) is 0 Å². The zero-order chi connectivity index (χ0) is 21.6. The third-order valence-corrected chi connectivity index (χ3v) is 5.92. The highest BCUT2D eigenvalue weighted by molar-refractivity contribution is 5.89. The van der Waals surface area contributed by atoms with Crippen molar-refractivity contribution in [3.63, 3.8) is 0 Å². The molecule has 0 bridgehead atoms. The third kappa shape index (κ3) is 4.82. The zero-order valence-electron chi connectivity index (χ0n) is 17.8. The van der Waals surface area contributed by atoms with Gasteiger partial charge in [0.25, 0.3) is 0 Å². The van der Waals surface area contributed by atoms with Crippen LogP contribution >= 0.6 is 0 Å². The van der Waals surface area contributed by atoms with Crippen molar-refractivity contribution in [1.29, 1.82) is 0 Å². The first-order chi connectivity index (χ1) is 14.5. The second-order valence-electron chi connectivity index (χ2n) is 7.70. The van der Waals surface area contributed by atoms with Crippen LogP contribution in [0.25, 0.3) is 0 Å². The van der Waals surface area contributed by atoms with Crippen molar-refractivity contribution in [3.8, 4) is 5.75 Å². The lowest BCUT2D eigenvalue weighted by molar-refractivity contribution is -0.154. The van der Waals surface area contributed by atoms with Gasteiger partial charge in [-0.3, -0.25) is 4.79 Å². The average Bonchev–Trinajstić information content (AvgIpc) is 2.80. The lowest BCUT2D eigenvalue weighted by atomic mass is 9.69. The summed E-state index contributed by atoms with van der Waals surface area (Å²) in [5.41, 5.74) is 3.34. The maximum atomic E-state index is 12.7. The quantitative estimate of drug-likeness (QED) is 0.531. The van der Waals surface area contributed by atoms with Gasteiger partial charge in [0.05, 0.1) is 32.3 Å². The molecule has 0 amide bonds. The zero-order valence-corrected chi connectivity index (χ0v) is 17.8. The van der Waals surface area contributed by atoms with Gasteiger partial charge in [0.2, 0.25) is 0 Å². The maximum absolute atomic E-state index is 12.7. The molecular formula is C24H29NO5. The van der Waals surface area contributed by atoms with Crippen LogP contribution in [0.3, 0.4) is 0 Å². The summed E-state index contributed by atoms with van der Waals surface area (Å²) >= 11 is 0. The Hall–Kier alpha value is -2.86. The van der Waals surface area contributed by atoms with Crippen LogP contribution in [0.4, 0.5) is 0 Å². The SMILES string of the molecule is COC(=O)c1ccc2c(c1)CCC(CCNCc1ccc(OC)cc1)(C(=O)OC)C2. The molecule has 1 atom stereocenters. The standard InChI is InChI=1S/C24H29NO5/c1-28-21-8-4-17(5-9-21)16-25-13-12-24(23(27)30-3)11-10-18-14-19(22(26)29-2)6-7-20(18)15-24/h4-9,14,25H,10-13,15-16H2,1-3H3. The number of carbonyl (C=O) groups excluding carboxylic acids is 2.